The highest BCUT2D eigenvalue weighted by Crippen LogP contribution is 2.31. The van der Waals surface area contributed by atoms with E-state index in [1.165, 1.54) is 38.5 Å². The Hall–Kier alpha value is -0.570. The molecule has 19 heavy (non-hydrogen) atoms. The molecule has 3 nitrogen and oxygen atoms in total. The van der Waals surface area contributed by atoms with Crippen LogP contribution in [0.25, 0.3) is 0 Å². The Balaban J connectivity index is 1.78. The smallest absolute Gasteiger partial charge is 0.223 e. The van der Waals surface area contributed by atoms with Crippen molar-refractivity contribution in [3.63, 3.8) is 0 Å². The number of nitrogens with one attached hydrogen (secondary N) is 1. The largest absolute Gasteiger partial charge is 0.353 e. The first-order chi connectivity index (χ1) is 9.19. The van der Waals surface area contributed by atoms with Gasteiger partial charge in [0.1, 0.15) is 0 Å². The minimum atomic E-state index is 0.252. The first-order valence-electron chi connectivity index (χ1n) is 8.19. The Bertz CT molecular complexity index is 290. The maximum Gasteiger partial charge on any atom is 0.223 e. The van der Waals surface area contributed by atoms with Gasteiger partial charge in [0, 0.05) is 12.0 Å². The minimum absolute atomic E-state index is 0.252. The number of nitrogens with two attached hydrogens (primary N) is 1. The summed E-state index contributed by atoms with van der Waals surface area (Å²) in [6, 6.07) is 0.436. The van der Waals surface area contributed by atoms with Crippen molar-refractivity contribution in [2.45, 2.75) is 70.8 Å². The van der Waals surface area contributed by atoms with Gasteiger partial charge in [-0.2, -0.15) is 0 Å². The second-order valence-electron chi connectivity index (χ2n) is 6.78. The maximum absolute atomic E-state index is 12.4. The fraction of sp³-hybridized carbons (Fsp3) is 0.938. The lowest BCUT2D eigenvalue weighted by molar-refractivity contribution is -0.127. The molecular formula is C16H30N2O. The van der Waals surface area contributed by atoms with Crippen molar-refractivity contribution in [1.82, 2.24) is 5.32 Å². The summed E-state index contributed by atoms with van der Waals surface area (Å²) < 4.78 is 0. The van der Waals surface area contributed by atoms with Crippen LogP contribution in [0.15, 0.2) is 0 Å². The van der Waals surface area contributed by atoms with E-state index in [2.05, 4.69) is 12.2 Å². The van der Waals surface area contributed by atoms with Crippen LogP contribution in [0.3, 0.4) is 0 Å². The lowest BCUT2D eigenvalue weighted by Crippen LogP contribution is -2.42. The molecule has 0 aliphatic heterocycles. The molecule has 4 unspecified atom stereocenters. The molecule has 0 aromatic heterocycles. The average molecular weight is 266 g/mol. The average Bonchev–Trinajstić information content (AvgIpc) is 2.39. The molecule has 110 valence electrons. The van der Waals surface area contributed by atoms with E-state index in [1.807, 2.05) is 0 Å². The highest BCUT2D eigenvalue weighted by molar-refractivity contribution is 5.79. The molecule has 0 aromatic rings. The van der Waals surface area contributed by atoms with E-state index >= 15 is 0 Å². The number of amides is 1. The van der Waals surface area contributed by atoms with Crippen molar-refractivity contribution in [1.29, 1.82) is 0 Å². The fourth-order valence-electron chi connectivity index (χ4n) is 3.91. The number of rotatable bonds is 4. The summed E-state index contributed by atoms with van der Waals surface area (Å²) in [4.78, 5) is 12.4. The third kappa shape index (κ3) is 4.48. The Morgan fingerprint density at radius 3 is 2.68 bits per heavy atom. The van der Waals surface area contributed by atoms with Gasteiger partial charge in [-0.1, -0.05) is 32.6 Å². The molecule has 4 atom stereocenters. The van der Waals surface area contributed by atoms with E-state index in [0.717, 1.165) is 31.7 Å². The van der Waals surface area contributed by atoms with E-state index in [1.54, 1.807) is 0 Å². The predicted molar refractivity (Wildman–Crippen MR) is 78.7 cm³/mol. The summed E-state index contributed by atoms with van der Waals surface area (Å²) in [6.45, 7) is 3.06. The van der Waals surface area contributed by atoms with Crippen molar-refractivity contribution in [3.05, 3.63) is 0 Å². The quantitative estimate of drug-likeness (QED) is 0.822. The number of hydrogen-bond donors (Lipinski definition) is 2. The van der Waals surface area contributed by atoms with Gasteiger partial charge >= 0.3 is 0 Å². The topological polar surface area (TPSA) is 55.1 Å². The second kappa shape index (κ2) is 7.28. The van der Waals surface area contributed by atoms with E-state index in [0.29, 0.717) is 17.9 Å². The van der Waals surface area contributed by atoms with Gasteiger partial charge < -0.3 is 11.1 Å². The first-order valence-corrected chi connectivity index (χ1v) is 8.19. The summed E-state index contributed by atoms with van der Waals surface area (Å²) in [5.74, 6) is 2.03. The third-order valence-electron chi connectivity index (χ3n) is 5.01. The van der Waals surface area contributed by atoms with Crippen LogP contribution < -0.4 is 11.1 Å². The molecule has 3 heteroatoms. The zero-order valence-electron chi connectivity index (χ0n) is 12.4. The molecule has 0 heterocycles. The van der Waals surface area contributed by atoms with E-state index in [9.17, 15) is 4.79 Å². The van der Waals surface area contributed by atoms with E-state index in [-0.39, 0.29) is 5.92 Å². The van der Waals surface area contributed by atoms with Gasteiger partial charge in [0.2, 0.25) is 5.91 Å². The number of hydrogen-bond acceptors (Lipinski definition) is 2. The molecule has 2 aliphatic rings. The lowest BCUT2D eigenvalue weighted by atomic mass is 9.79. The van der Waals surface area contributed by atoms with Crippen LogP contribution in [-0.4, -0.2) is 18.5 Å². The van der Waals surface area contributed by atoms with Crippen LogP contribution >= 0.6 is 0 Å². The molecule has 1 amide bonds. The van der Waals surface area contributed by atoms with Crippen molar-refractivity contribution in [2.75, 3.05) is 6.54 Å². The van der Waals surface area contributed by atoms with Crippen LogP contribution in [0.1, 0.15) is 64.7 Å². The van der Waals surface area contributed by atoms with Crippen molar-refractivity contribution in [3.8, 4) is 0 Å². The minimum Gasteiger partial charge on any atom is -0.353 e. The predicted octanol–water partition coefficient (Wildman–Crippen LogP) is 2.84. The summed E-state index contributed by atoms with van der Waals surface area (Å²) in [5.41, 5.74) is 5.65. The van der Waals surface area contributed by atoms with Crippen LogP contribution in [0.4, 0.5) is 0 Å². The summed E-state index contributed by atoms with van der Waals surface area (Å²) in [6.07, 6.45) is 10.6. The van der Waals surface area contributed by atoms with Gasteiger partial charge in [-0.3, -0.25) is 4.79 Å². The molecule has 2 rings (SSSR count). The highest BCUT2D eigenvalue weighted by atomic mass is 16.1. The standard InChI is InChI=1S/C16H30N2O/c1-12-4-2-7-15(10-12)18-16(19)14-6-3-5-13(11-14)8-9-17/h12-15H,2-11,17H2,1H3,(H,18,19). The fourth-order valence-corrected chi connectivity index (χ4v) is 3.91. The lowest BCUT2D eigenvalue weighted by Gasteiger charge is -2.32. The SMILES string of the molecule is CC1CCCC(NC(=O)C2CCCC(CCN)C2)C1. The van der Waals surface area contributed by atoms with Gasteiger partial charge in [0.05, 0.1) is 0 Å². The molecule has 0 saturated heterocycles. The van der Waals surface area contributed by atoms with Gasteiger partial charge in [0.25, 0.3) is 0 Å². The normalized spacial score (nSPS) is 35.9. The molecule has 2 saturated carbocycles. The molecule has 2 fully saturated rings. The maximum atomic E-state index is 12.4. The van der Waals surface area contributed by atoms with E-state index < -0.39 is 0 Å². The zero-order chi connectivity index (χ0) is 13.7. The number of carbonyl (C=O) groups excluding carboxylic acids is 1. The summed E-state index contributed by atoms with van der Waals surface area (Å²) >= 11 is 0. The molecule has 0 spiro atoms. The third-order valence-corrected chi connectivity index (χ3v) is 5.01. The molecular weight excluding hydrogens is 236 g/mol. The Morgan fingerprint density at radius 2 is 1.95 bits per heavy atom. The van der Waals surface area contributed by atoms with Crippen molar-refractivity contribution in [2.24, 2.45) is 23.5 Å². The number of carbonyl (C=O) groups is 1. The van der Waals surface area contributed by atoms with Crippen LogP contribution in [-0.2, 0) is 4.79 Å². The van der Waals surface area contributed by atoms with Crippen LogP contribution in [0.2, 0.25) is 0 Å². The highest BCUT2D eigenvalue weighted by Gasteiger charge is 2.29. The summed E-state index contributed by atoms with van der Waals surface area (Å²) in [7, 11) is 0. The Labute approximate surface area is 117 Å². The van der Waals surface area contributed by atoms with Crippen molar-refractivity contribution < 1.29 is 4.79 Å². The van der Waals surface area contributed by atoms with E-state index in [4.69, 9.17) is 5.73 Å². The Kier molecular flexibility index (Phi) is 5.68. The molecule has 3 N–H and O–H groups in total. The van der Waals surface area contributed by atoms with Gasteiger partial charge in [0.15, 0.2) is 0 Å². The Morgan fingerprint density at radius 1 is 1.16 bits per heavy atom. The summed E-state index contributed by atoms with van der Waals surface area (Å²) in [5, 5.41) is 3.31. The van der Waals surface area contributed by atoms with Crippen molar-refractivity contribution >= 4 is 5.91 Å². The van der Waals surface area contributed by atoms with Gasteiger partial charge in [-0.25, -0.2) is 0 Å². The molecule has 0 bridgehead atoms. The van der Waals surface area contributed by atoms with Crippen LogP contribution in [0, 0.1) is 17.8 Å². The van der Waals surface area contributed by atoms with Crippen LogP contribution in [0.5, 0.6) is 0 Å². The molecule has 2 aliphatic carbocycles. The molecule has 0 radical (unpaired) electrons. The zero-order valence-corrected chi connectivity index (χ0v) is 12.4. The second-order valence-corrected chi connectivity index (χ2v) is 6.78. The monoisotopic (exact) mass is 266 g/mol. The van der Waals surface area contributed by atoms with Gasteiger partial charge in [-0.15, -0.1) is 0 Å². The molecule has 0 aromatic carbocycles. The first kappa shape index (κ1) is 14.8. The van der Waals surface area contributed by atoms with Gasteiger partial charge in [-0.05, 0) is 50.5 Å².